The summed E-state index contributed by atoms with van der Waals surface area (Å²) in [6.07, 6.45) is 2.02. The van der Waals surface area contributed by atoms with E-state index in [0.717, 1.165) is 22.3 Å². The highest BCUT2D eigenvalue weighted by atomic mass is 35.5. The van der Waals surface area contributed by atoms with Crippen molar-refractivity contribution in [2.75, 3.05) is 40.4 Å². The van der Waals surface area contributed by atoms with Crippen LogP contribution in [0.5, 0.6) is 11.5 Å². The Bertz CT molecular complexity index is 2870. The number of rotatable bonds is 17. The van der Waals surface area contributed by atoms with Crippen molar-refractivity contribution in [1.29, 1.82) is 0 Å². The molecular formula is C54H64Cl4N6O8S2. The van der Waals surface area contributed by atoms with E-state index in [1.807, 2.05) is 58.9 Å². The zero-order valence-electron chi connectivity index (χ0n) is 42.4. The third-order valence-corrected chi connectivity index (χ3v) is 13.6. The number of methoxy groups -OCH3 is 2. The summed E-state index contributed by atoms with van der Waals surface area (Å²) in [5.41, 5.74) is 13.9. The summed E-state index contributed by atoms with van der Waals surface area (Å²) >= 11 is 25.1. The van der Waals surface area contributed by atoms with Crippen LogP contribution in [0.2, 0.25) is 20.1 Å². The molecule has 4 amide bonds. The Labute approximate surface area is 467 Å². The van der Waals surface area contributed by atoms with Gasteiger partial charge < -0.3 is 36.1 Å². The minimum Gasteiger partial charge on any atom is -0.497 e. The van der Waals surface area contributed by atoms with Crippen molar-refractivity contribution in [3.63, 3.8) is 0 Å². The molecule has 14 nitrogen and oxygen atoms in total. The summed E-state index contributed by atoms with van der Waals surface area (Å²) in [6, 6.07) is 26.0. The molecule has 6 N–H and O–H groups in total. The van der Waals surface area contributed by atoms with E-state index >= 15 is 0 Å². The maximum atomic E-state index is 14.0. The van der Waals surface area contributed by atoms with Gasteiger partial charge in [-0.2, -0.15) is 27.0 Å². The van der Waals surface area contributed by atoms with Crippen LogP contribution in [0.1, 0.15) is 98.1 Å². The Hall–Kier alpha value is -5.56. The number of aliphatic hydroxyl groups is 2. The van der Waals surface area contributed by atoms with Gasteiger partial charge in [0.05, 0.1) is 77.8 Å². The van der Waals surface area contributed by atoms with Crippen LogP contribution in [0.15, 0.2) is 97.1 Å². The van der Waals surface area contributed by atoms with Crippen molar-refractivity contribution in [2.24, 2.45) is 0 Å². The zero-order valence-corrected chi connectivity index (χ0v) is 47.4. The van der Waals surface area contributed by atoms with E-state index in [1.54, 1.807) is 85.7 Å². The molecule has 0 fully saturated rings. The number of anilines is 5. The lowest BCUT2D eigenvalue weighted by atomic mass is 10.0. The fraction of sp³-hybridized carbons (Fsp3) is 0.296. The number of ether oxygens (including phenoxy) is 2. The van der Waals surface area contributed by atoms with Gasteiger partial charge in [-0.1, -0.05) is 98.4 Å². The van der Waals surface area contributed by atoms with E-state index in [1.165, 1.54) is 18.1 Å². The third kappa shape index (κ3) is 14.4. The van der Waals surface area contributed by atoms with Gasteiger partial charge in [0, 0.05) is 37.9 Å². The number of carbonyl (C=O) groups is 2. The number of nitrogens with zero attached hydrogens (tertiary/aromatic N) is 3. The minimum absolute atomic E-state index is 0. The molecule has 0 unspecified atom stereocenters. The number of urea groups is 2. The molecule has 0 heterocycles. The molecule has 6 rings (SSSR count). The van der Waals surface area contributed by atoms with Crippen LogP contribution in [-0.4, -0.2) is 41.4 Å². The first kappa shape index (κ1) is 62.7. The van der Waals surface area contributed by atoms with Gasteiger partial charge in [0.1, 0.15) is 11.5 Å². The molecule has 74 heavy (non-hydrogen) atoms. The second-order valence-electron chi connectivity index (χ2n) is 16.5. The molecule has 20 heteroatoms. The molecule has 0 radical (unpaired) electrons. The maximum Gasteiger partial charge on any atom is 0.326 e. The zero-order chi connectivity index (χ0) is 53.0. The molecule has 398 valence electrons. The Kier molecular flexibility index (Phi) is 24.5. The summed E-state index contributed by atoms with van der Waals surface area (Å²) in [5.74, 6) is 1.11. The van der Waals surface area contributed by atoms with E-state index < -0.39 is 23.0 Å². The van der Waals surface area contributed by atoms with E-state index in [-0.39, 0.29) is 56.9 Å². The molecule has 0 spiro atoms. The fourth-order valence-corrected chi connectivity index (χ4v) is 9.51. The number of nitrogens with two attached hydrogens (primary N) is 1. The lowest BCUT2D eigenvalue weighted by Gasteiger charge is -2.32. The van der Waals surface area contributed by atoms with Crippen LogP contribution < -0.4 is 35.6 Å². The second-order valence-corrected chi connectivity index (χ2v) is 18.2. The van der Waals surface area contributed by atoms with Crippen LogP contribution in [0.25, 0.3) is 0 Å². The monoisotopic (exact) mass is 1130 g/mol. The molecule has 6 aromatic carbocycles. The summed E-state index contributed by atoms with van der Waals surface area (Å²) in [7, 11) is 3.07. The van der Waals surface area contributed by atoms with Gasteiger partial charge in [0.15, 0.2) is 0 Å². The standard InChI is InChI=1S/C27H29Cl2N3O5.C27H31Cl2N3O3.2H2S/c1-5-21-23(29)14-25(32(35)36)22(6-2)26(21)30-27(34)31(16(3)17-7-9-19(28)10-8-17)24-12-11-20(37-4)13-18(24)15-33;1-5-21-23(29)14-24(30)22(6-2)26(21)31-27(34)32(16(3)17-7-9-19(28)10-8-17)25-12-11-20(35-4)13-18(25)15-33;;/h7-14,16,33H,5-6,15H2,1-4H3,(H,30,34);7-14,16,33H,5-6,15,30H2,1-4H3,(H,31,34);2*1H2/t2*16-;;/m00../s1. The predicted molar refractivity (Wildman–Crippen MR) is 313 cm³/mol. The predicted octanol–water partition coefficient (Wildman–Crippen LogP) is 14.6. The molecule has 0 saturated carbocycles. The van der Waals surface area contributed by atoms with Crippen molar-refractivity contribution in [3.8, 4) is 11.5 Å². The SMILES string of the molecule is CCc1c(Cl)cc([N+](=O)[O-])c(CC)c1NC(=O)N(c1ccc(OC)cc1CO)[C@@H](C)c1ccc(Cl)cc1.CCc1c(N)cc(Cl)c(CC)c1NC(=O)N(c1ccc(OC)cc1CO)[C@@H](C)c1ccc(Cl)cc1.S.S. The van der Waals surface area contributed by atoms with Gasteiger partial charge in [-0.25, -0.2) is 9.59 Å². The molecule has 0 saturated heterocycles. The smallest absolute Gasteiger partial charge is 0.326 e. The second kappa shape index (κ2) is 28.9. The van der Waals surface area contributed by atoms with Crippen molar-refractivity contribution >= 4 is 120 Å². The van der Waals surface area contributed by atoms with Crippen molar-refractivity contribution in [3.05, 3.63) is 172 Å². The number of amides is 4. The van der Waals surface area contributed by atoms with Crippen LogP contribution >= 0.6 is 73.4 Å². The van der Waals surface area contributed by atoms with Crippen LogP contribution in [0, 0.1) is 10.1 Å². The average Bonchev–Trinajstić information content (AvgIpc) is 3.37. The highest BCUT2D eigenvalue weighted by molar-refractivity contribution is 7.59. The number of nitrogen functional groups attached to an aromatic ring is 1. The van der Waals surface area contributed by atoms with Crippen LogP contribution in [0.3, 0.4) is 0 Å². The van der Waals surface area contributed by atoms with Crippen molar-refractivity contribution in [1.82, 2.24) is 0 Å². The first-order valence-corrected chi connectivity index (χ1v) is 24.8. The van der Waals surface area contributed by atoms with Crippen molar-refractivity contribution < 1.29 is 34.2 Å². The van der Waals surface area contributed by atoms with Gasteiger partial charge >= 0.3 is 12.1 Å². The molecule has 0 aliphatic heterocycles. The number of nitrogens with one attached hydrogen (secondary N) is 2. The highest BCUT2D eigenvalue weighted by Gasteiger charge is 2.31. The lowest BCUT2D eigenvalue weighted by molar-refractivity contribution is -0.385. The molecular weight excluding hydrogens is 1070 g/mol. The maximum absolute atomic E-state index is 14.0. The van der Waals surface area contributed by atoms with Crippen LogP contribution in [-0.2, 0) is 38.9 Å². The number of nitro benzene ring substituents is 1. The summed E-state index contributed by atoms with van der Waals surface area (Å²) < 4.78 is 10.6. The van der Waals surface area contributed by atoms with Crippen molar-refractivity contribution in [2.45, 2.75) is 92.5 Å². The Morgan fingerprint density at radius 3 is 1.31 bits per heavy atom. The van der Waals surface area contributed by atoms with E-state index in [0.29, 0.717) is 103 Å². The minimum atomic E-state index is -0.539. The van der Waals surface area contributed by atoms with E-state index in [9.17, 15) is 29.9 Å². The Balaban J connectivity index is 0.000000381. The Morgan fingerprint density at radius 2 is 0.973 bits per heavy atom. The van der Waals surface area contributed by atoms with E-state index in [4.69, 9.17) is 61.6 Å². The van der Waals surface area contributed by atoms with Gasteiger partial charge in [-0.05, 0) is 134 Å². The molecule has 6 aromatic rings. The van der Waals surface area contributed by atoms with Gasteiger partial charge in [-0.15, -0.1) is 0 Å². The molecule has 0 aliphatic rings. The van der Waals surface area contributed by atoms with Gasteiger partial charge in [0.25, 0.3) is 5.69 Å². The number of hydrogen-bond acceptors (Lipinski definition) is 9. The molecule has 0 bridgehead atoms. The summed E-state index contributed by atoms with van der Waals surface area (Å²) in [4.78, 5) is 42.4. The largest absolute Gasteiger partial charge is 0.497 e. The summed E-state index contributed by atoms with van der Waals surface area (Å²) in [5, 5.41) is 39.9. The first-order valence-electron chi connectivity index (χ1n) is 23.3. The number of aliphatic hydroxyl groups excluding tert-OH is 2. The Morgan fingerprint density at radius 1 is 0.608 bits per heavy atom. The summed E-state index contributed by atoms with van der Waals surface area (Å²) in [6.45, 7) is 10.8. The third-order valence-electron chi connectivity index (χ3n) is 12.4. The topological polar surface area (TPSA) is 193 Å². The molecule has 0 aromatic heterocycles. The average molecular weight is 1130 g/mol. The number of hydrogen-bond donors (Lipinski definition) is 5. The molecule has 2 atom stereocenters. The lowest BCUT2D eigenvalue weighted by Crippen LogP contribution is -2.38. The quantitative estimate of drug-likeness (QED) is 0.0336. The number of carbonyl (C=O) groups excluding carboxylic acids is 2. The van der Waals surface area contributed by atoms with E-state index in [2.05, 4.69) is 10.6 Å². The first-order chi connectivity index (χ1) is 34.4. The van der Waals surface area contributed by atoms with Gasteiger partial charge in [-0.3, -0.25) is 19.9 Å². The number of nitro groups is 1. The highest BCUT2D eigenvalue weighted by Crippen LogP contribution is 2.40. The fourth-order valence-electron chi connectivity index (χ4n) is 8.58. The number of halogens is 4. The van der Waals surface area contributed by atoms with Crippen LogP contribution in [0.4, 0.5) is 43.7 Å². The number of benzene rings is 6. The molecule has 0 aliphatic carbocycles. The van der Waals surface area contributed by atoms with Gasteiger partial charge in [0.2, 0.25) is 0 Å². The normalized spacial score (nSPS) is 11.4.